The number of benzene rings is 1. The van der Waals surface area contributed by atoms with E-state index in [4.69, 9.17) is 0 Å². The van der Waals surface area contributed by atoms with Crippen LogP contribution in [0.4, 0.5) is 0 Å². The summed E-state index contributed by atoms with van der Waals surface area (Å²) in [6, 6.07) is 7.18. The summed E-state index contributed by atoms with van der Waals surface area (Å²) < 4.78 is 27.4. The first-order valence-electron chi connectivity index (χ1n) is 9.69. The van der Waals surface area contributed by atoms with Crippen molar-refractivity contribution in [2.45, 2.75) is 55.5 Å². The van der Waals surface area contributed by atoms with Gasteiger partial charge >= 0.3 is 0 Å². The number of nitrogens with one attached hydrogen (secondary N) is 1. The fourth-order valence-corrected chi connectivity index (χ4v) is 5.38. The summed E-state index contributed by atoms with van der Waals surface area (Å²) in [6.07, 6.45) is 6.98. The fraction of sp³-hybridized carbons (Fsp3) is 0.632. The van der Waals surface area contributed by atoms with Gasteiger partial charge in [-0.15, -0.1) is 0 Å². The van der Waals surface area contributed by atoms with E-state index in [2.05, 4.69) is 9.62 Å². The minimum Gasteiger partial charge on any atom is -0.336 e. The average Bonchev–Trinajstić information content (AvgIpc) is 3.29. The van der Waals surface area contributed by atoms with Gasteiger partial charge in [0.1, 0.15) is 0 Å². The molecule has 0 bridgehead atoms. The van der Waals surface area contributed by atoms with Crippen molar-refractivity contribution in [2.24, 2.45) is 0 Å². The highest BCUT2D eigenvalue weighted by atomic mass is 32.2. The highest BCUT2D eigenvalue weighted by molar-refractivity contribution is 7.89. The number of carbonyl (C=O) groups is 1. The summed E-state index contributed by atoms with van der Waals surface area (Å²) in [4.78, 5) is 17.4. The molecule has 2 aliphatic carbocycles. The SMILES string of the molecule is O=C(c1cccc(S(=O)(=O)NC2CC2)c1)N1CCN(C2CCCC2)CC1. The van der Waals surface area contributed by atoms with E-state index in [1.165, 1.54) is 31.7 Å². The minimum atomic E-state index is -3.53. The second kappa shape index (κ2) is 7.29. The Morgan fingerprint density at radius 1 is 1.00 bits per heavy atom. The molecule has 0 unspecified atom stereocenters. The predicted octanol–water partition coefficient (Wildman–Crippen LogP) is 1.83. The van der Waals surface area contributed by atoms with E-state index < -0.39 is 10.0 Å². The first-order valence-corrected chi connectivity index (χ1v) is 11.2. The molecule has 0 radical (unpaired) electrons. The molecular weight excluding hydrogens is 350 g/mol. The summed E-state index contributed by atoms with van der Waals surface area (Å²) in [5.41, 5.74) is 0.456. The lowest BCUT2D eigenvalue weighted by Crippen LogP contribution is -2.51. The van der Waals surface area contributed by atoms with Gasteiger partial charge in [-0.2, -0.15) is 0 Å². The molecule has 142 valence electrons. The maximum absolute atomic E-state index is 12.8. The zero-order chi connectivity index (χ0) is 18.1. The molecule has 1 N–H and O–H groups in total. The number of hydrogen-bond acceptors (Lipinski definition) is 4. The van der Waals surface area contributed by atoms with Crippen LogP contribution in [0.15, 0.2) is 29.2 Å². The molecule has 0 aromatic heterocycles. The first-order chi connectivity index (χ1) is 12.5. The van der Waals surface area contributed by atoms with Crippen molar-refractivity contribution < 1.29 is 13.2 Å². The van der Waals surface area contributed by atoms with E-state index in [1.807, 2.05) is 4.90 Å². The summed E-state index contributed by atoms with van der Waals surface area (Å²) in [5.74, 6) is -0.0699. The number of sulfonamides is 1. The van der Waals surface area contributed by atoms with Crippen LogP contribution in [0.25, 0.3) is 0 Å². The lowest BCUT2D eigenvalue weighted by atomic mass is 10.1. The van der Waals surface area contributed by atoms with Crippen LogP contribution in [-0.2, 0) is 10.0 Å². The van der Waals surface area contributed by atoms with Crippen molar-refractivity contribution in [1.29, 1.82) is 0 Å². The number of rotatable bonds is 5. The van der Waals surface area contributed by atoms with Gasteiger partial charge in [0.2, 0.25) is 10.0 Å². The highest BCUT2D eigenvalue weighted by Gasteiger charge is 2.30. The van der Waals surface area contributed by atoms with Crippen LogP contribution >= 0.6 is 0 Å². The maximum Gasteiger partial charge on any atom is 0.253 e. The molecule has 4 rings (SSSR count). The molecule has 1 heterocycles. The van der Waals surface area contributed by atoms with Gasteiger partial charge in [-0.3, -0.25) is 9.69 Å². The summed E-state index contributed by atoms with van der Waals surface area (Å²) in [5, 5.41) is 0. The van der Waals surface area contributed by atoms with E-state index in [1.54, 1.807) is 18.2 Å². The monoisotopic (exact) mass is 377 g/mol. The van der Waals surface area contributed by atoms with Crippen molar-refractivity contribution in [3.63, 3.8) is 0 Å². The Kier molecular flexibility index (Phi) is 5.03. The molecule has 1 aliphatic heterocycles. The Labute approximate surface area is 155 Å². The Morgan fingerprint density at radius 3 is 2.35 bits per heavy atom. The molecule has 2 saturated carbocycles. The van der Waals surface area contributed by atoms with Gasteiger partial charge < -0.3 is 4.90 Å². The second-order valence-electron chi connectivity index (χ2n) is 7.69. The van der Waals surface area contributed by atoms with Gasteiger partial charge in [-0.1, -0.05) is 18.9 Å². The molecule has 3 aliphatic rings. The lowest BCUT2D eigenvalue weighted by molar-refractivity contribution is 0.0573. The minimum absolute atomic E-state index is 0.0584. The molecular formula is C19H27N3O3S. The standard InChI is InChI=1S/C19H27N3O3S/c23-19(22-12-10-21(11-13-22)17-5-1-2-6-17)15-4-3-7-18(14-15)26(24,25)20-16-8-9-16/h3-4,7,14,16-17,20H,1-2,5-6,8-13H2. The highest BCUT2D eigenvalue weighted by Crippen LogP contribution is 2.25. The third kappa shape index (κ3) is 3.94. The molecule has 0 spiro atoms. The first kappa shape index (κ1) is 17.9. The molecule has 7 heteroatoms. The largest absolute Gasteiger partial charge is 0.336 e. The van der Waals surface area contributed by atoms with Gasteiger partial charge in [-0.25, -0.2) is 13.1 Å². The van der Waals surface area contributed by atoms with Crippen LogP contribution in [-0.4, -0.2) is 62.4 Å². The van der Waals surface area contributed by atoms with Crippen LogP contribution in [0.5, 0.6) is 0 Å². The zero-order valence-electron chi connectivity index (χ0n) is 15.1. The Balaban J connectivity index is 1.41. The second-order valence-corrected chi connectivity index (χ2v) is 9.40. The molecule has 1 aromatic carbocycles. The van der Waals surface area contributed by atoms with E-state index in [-0.39, 0.29) is 16.8 Å². The number of nitrogens with zero attached hydrogens (tertiary/aromatic N) is 2. The van der Waals surface area contributed by atoms with Crippen LogP contribution in [0.3, 0.4) is 0 Å². The van der Waals surface area contributed by atoms with Crippen LogP contribution in [0, 0.1) is 0 Å². The maximum atomic E-state index is 12.8. The Bertz CT molecular complexity index is 762. The summed E-state index contributed by atoms with van der Waals surface area (Å²) in [6.45, 7) is 3.26. The topological polar surface area (TPSA) is 69.7 Å². The Morgan fingerprint density at radius 2 is 1.69 bits per heavy atom. The van der Waals surface area contributed by atoms with Crippen molar-refractivity contribution in [2.75, 3.05) is 26.2 Å². The smallest absolute Gasteiger partial charge is 0.253 e. The molecule has 0 atom stereocenters. The van der Waals surface area contributed by atoms with Gasteiger partial charge in [0.25, 0.3) is 5.91 Å². The average molecular weight is 378 g/mol. The van der Waals surface area contributed by atoms with Crippen LogP contribution < -0.4 is 4.72 Å². The molecule has 26 heavy (non-hydrogen) atoms. The third-order valence-corrected chi connectivity index (χ3v) is 7.25. The van der Waals surface area contributed by atoms with Gasteiger partial charge in [0.05, 0.1) is 4.90 Å². The van der Waals surface area contributed by atoms with E-state index in [0.29, 0.717) is 24.7 Å². The summed E-state index contributed by atoms with van der Waals surface area (Å²) in [7, 11) is -3.53. The fourth-order valence-electron chi connectivity index (χ4n) is 4.03. The molecule has 3 fully saturated rings. The van der Waals surface area contributed by atoms with Gasteiger partial charge in [-0.05, 0) is 43.9 Å². The summed E-state index contributed by atoms with van der Waals surface area (Å²) >= 11 is 0. The van der Waals surface area contributed by atoms with Crippen LogP contribution in [0.2, 0.25) is 0 Å². The van der Waals surface area contributed by atoms with Gasteiger partial charge in [0.15, 0.2) is 0 Å². The van der Waals surface area contributed by atoms with E-state index >= 15 is 0 Å². The van der Waals surface area contributed by atoms with Crippen molar-refractivity contribution >= 4 is 15.9 Å². The van der Waals surface area contributed by atoms with Crippen molar-refractivity contribution in [3.8, 4) is 0 Å². The van der Waals surface area contributed by atoms with Crippen LogP contribution in [0.1, 0.15) is 48.9 Å². The van der Waals surface area contributed by atoms with Gasteiger partial charge in [0, 0.05) is 43.8 Å². The lowest BCUT2D eigenvalue weighted by Gasteiger charge is -2.38. The molecule has 1 aromatic rings. The van der Waals surface area contributed by atoms with Crippen molar-refractivity contribution in [3.05, 3.63) is 29.8 Å². The zero-order valence-corrected chi connectivity index (χ0v) is 15.9. The number of piperazine rings is 1. The van der Waals surface area contributed by atoms with E-state index in [0.717, 1.165) is 25.9 Å². The Hall–Kier alpha value is -1.44. The molecule has 6 nitrogen and oxygen atoms in total. The van der Waals surface area contributed by atoms with E-state index in [9.17, 15) is 13.2 Å². The predicted molar refractivity (Wildman–Crippen MR) is 99.5 cm³/mol. The third-order valence-electron chi connectivity index (χ3n) is 5.73. The van der Waals surface area contributed by atoms with Crippen molar-refractivity contribution in [1.82, 2.24) is 14.5 Å². The number of hydrogen-bond donors (Lipinski definition) is 1. The molecule has 1 saturated heterocycles. The normalized spacial score (nSPS) is 22.7. The quantitative estimate of drug-likeness (QED) is 0.850. The number of amides is 1. The number of carbonyl (C=O) groups excluding carboxylic acids is 1. The molecule has 1 amide bonds.